The first-order chi connectivity index (χ1) is 13.9. The van der Waals surface area contributed by atoms with Crippen molar-refractivity contribution in [2.45, 2.75) is 33.7 Å². The SMILES string of the molecule is CCN(CC)CCN1C(=O)C(=O)C(=C(O)c2cc(C)ccc2C)C1c1cccs1. The van der Waals surface area contributed by atoms with E-state index in [1.54, 1.807) is 4.90 Å². The largest absolute Gasteiger partial charge is 0.507 e. The van der Waals surface area contributed by atoms with E-state index in [0.29, 0.717) is 18.7 Å². The van der Waals surface area contributed by atoms with Gasteiger partial charge in [-0.2, -0.15) is 0 Å². The Balaban J connectivity index is 2.09. The number of nitrogens with zero attached hydrogens (tertiary/aromatic N) is 2. The first-order valence-corrected chi connectivity index (χ1v) is 10.9. The van der Waals surface area contributed by atoms with Crippen molar-refractivity contribution >= 4 is 28.8 Å². The molecule has 5 nitrogen and oxygen atoms in total. The monoisotopic (exact) mass is 412 g/mol. The summed E-state index contributed by atoms with van der Waals surface area (Å²) in [6, 6.07) is 9.02. The maximum absolute atomic E-state index is 13.0. The summed E-state index contributed by atoms with van der Waals surface area (Å²) in [7, 11) is 0. The molecule has 1 aliphatic heterocycles. The van der Waals surface area contributed by atoms with Crippen molar-refractivity contribution in [1.82, 2.24) is 9.80 Å². The van der Waals surface area contributed by atoms with Crippen LogP contribution in [0.2, 0.25) is 0 Å². The second kappa shape index (κ2) is 8.93. The number of Topliss-reactive ketones (excluding diaryl/α,β-unsaturated/α-hetero) is 1. The van der Waals surface area contributed by atoms with Gasteiger partial charge < -0.3 is 14.9 Å². The Hall–Kier alpha value is -2.44. The van der Waals surface area contributed by atoms with Gasteiger partial charge in [0.05, 0.1) is 11.6 Å². The minimum Gasteiger partial charge on any atom is -0.507 e. The number of thiophene rings is 1. The van der Waals surface area contributed by atoms with E-state index in [1.165, 1.54) is 11.3 Å². The molecule has 1 aromatic carbocycles. The van der Waals surface area contributed by atoms with Crippen LogP contribution in [-0.4, -0.2) is 52.8 Å². The van der Waals surface area contributed by atoms with Crippen molar-refractivity contribution in [2.24, 2.45) is 0 Å². The summed E-state index contributed by atoms with van der Waals surface area (Å²) in [6.45, 7) is 10.9. The van der Waals surface area contributed by atoms with Crippen molar-refractivity contribution in [1.29, 1.82) is 0 Å². The number of benzene rings is 1. The molecule has 1 atom stereocenters. The Morgan fingerprint density at radius 2 is 1.90 bits per heavy atom. The summed E-state index contributed by atoms with van der Waals surface area (Å²) in [4.78, 5) is 30.6. The third-order valence-electron chi connectivity index (χ3n) is 5.55. The number of aryl methyl sites for hydroxylation is 2. The van der Waals surface area contributed by atoms with Crippen molar-refractivity contribution in [2.75, 3.05) is 26.2 Å². The fraction of sp³-hybridized carbons (Fsp3) is 0.391. The van der Waals surface area contributed by atoms with Crippen LogP contribution in [-0.2, 0) is 9.59 Å². The Kier molecular flexibility index (Phi) is 6.55. The van der Waals surface area contributed by atoms with Crippen LogP contribution in [0.3, 0.4) is 0 Å². The number of hydrogen-bond donors (Lipinski definition) is 1. The predicted molar refractivity (Wildman–Crippen MR) is 117 cm³/mol. The first-order valence-electron chi connectivity index (χ1n) is 10.0. The molecule has 0 spiro atoms. The van der Waals surface area contributed by atoms with Crippen LogP contribution >= 0.6 is 11.3 Å². The summed E-state index contributed by atoms with van der Waals surface area (Å²) in [5.74, 6) is -1.24. The molecule has 3 rings (SSSR count). The lowest BCUT2D eigenvalue weighted by Gasteiger charge is -2.27. The van der Waals surface area contributed by atoms with Crippen LogP contribution in [0, 0.1) is 13.8 Å². The Morgan fingerprint density at radius 1 is 1.17 bits per heavy atom. The highest BCUT2D eigenvalue weighted by atomic mass is 32.1. The van der Waals surface area contributed by atoms with Gasteiger partial charge in [0.2, 0.25) is 0 Å². The van der Waals surface area contributed by atoms with Gasteiger partial charge in [0.1, 0.15) is 5.76 Å². The molecule has 2 heterocycles. The van der Waals surface area contributed by atoms with Gasteiger partial charge in [0.25, 0.3) is 11.7 Å². The van der Waals surface area contributed by atoms with E-state index in [-0.39, 0.29) is 11.3 Å². The number of aliphatic hydroxyl groups is 1. The minimum atomic E-state index is -0.610. The van der Waals surface area contributed by atoms with Gasteiger partial charge in [-0.25, -0.2) is 0 Å². The van der Waals surface area contributed by atoms with Crippen LogP contribution < -0.4 is 0 Å². The number of hydrogen-bond acceptors (Lipinski definition) is 5. The highest BCUT2D eigenvalue weighted by Crippen LogP contribution is 2.41. The second-order valence-electron chi connectivity index (χ2n) is 7.35. The molecule has 1 aromatic heterocycles. The van der Waals surface area contributed by atoms with E-state index in [2.05, 4.69) is 18.7 Å². The van der Waals surface area contributed by atoms with Gasteiger partial charge in [-0.1, -0.05) is 37.6 Å². The molecule has 6 heteroatoms. The average Bonchev–Trinajstić information content (AvgIpc) is 3.32. The number of likely N-dealkylation sites (N-methyl/N-ethyl adjacent to an activating group) is 1. The van der Waals surface area contributed by atoms with Crippen LogP contribution in [0.4, 0.5) is 0 Å². The number of aliphatic hydroxyl groups excluding tert-OH is 1. The highest BCUT2D eigenvalue weighted by Gasteiger charge is 2.46. The number of rotatable bonds is 7. The summed E-state index contributed by atoms with van der Waals surface area (Å²) in [6.07, 6.45) is 0. The first kappa shape index (κ1) is 21.3. The van der Waals surface area contributed by atoms with E-state index in [0.717, 1.165) is 29.1 Å². The molecule has 1 amide bonds. The molecule has 1 aliphatic rings. The molecule has 154 valence electrons. The number of carbonyl (C=O) groups is 2. The topological polar surface area (TPSA) is 60.9 Å². The van der Waals surface area contributed by atoms with Crippen molar-refractivity contribution < 1.29 is 14.7 Å². The lowest BCUT2D eigenvalue weighted by Crippen LogP contribution is -2.37. The van der Waals surface area contributed by atoms with Crippen molar-refractivity contribution in [3.05, 3.63) is 62.9 Å². The smallest absolute Gasteiger partial charge is 0.295 e. The lowest BCUT2D eigenvalue weighted by molar-refractivity contribution is -0.140. The van der Waals surface area contributed by atoms with Gasteiger partial charge in [-0.15, -0.1) is 11.3 Å². The number of amides is 1. The van der Waals surface area contributed by atoms with Gasteiger partial charge in [0, 0.05) is 23.5 Å². The van der Waals surface area contributed by atoms with Crippen LogP contribution in [0.1, 0.15) is 41.5 Å². The van der Waals surface area contributed by atoms with Crippen molar-refractivity contribution in [3.63, 3.8) is 0 Å². The molecule has 1 saturated heterocycles. The molecule has 29 heavy (non-hydrogen) atoms. The third kappa shape index (κ3) is 4.14. The maximum Gasteiger partial charge on any atom is 0.295 e. The van der Waals surface area contributed by atoms with Gasteiger partial charge in [-0.05, 0) is 50.0 Å². The molecule has 0 saturated carbocycles. The van der Waals surface area contributed by atoms with E-state index in [4.69, 9.17) is 0 Å². The Labute approximate surface area is 176 Å². The molecule has 2 aromatic rings. The summed E-state index contributed by atoms with van der Waals surface area (Å²) in [5, 5.41) is 13.1. The number of ketones is 1. The Bertz CT molecular complexity index is 930. The zero-order valence-electron chi connectivity index (χ0n) is 17.4. The molecule has 0 bridgehead atoms. The van der Waals surface area contributed by atoms with Gasteiger partial charge in [-0.3, -0.25) is 9.59 Å². The summed E-state index contributed by atoms with van der Waals surface area (Å²) in [5.41, 5.74) is 2.65. The standard InChI is InChI=1S/C23H28N2O3S/c1-5-24(6-2)11-12-25-20(18-8-7-13-29-18)19(22(27)23(25)28)21(26)17-14-15(3)9-10-16(17)4/h7-10,13-14,20,26H,5-6,11-12H2,1-4H3. The molecule has 1 unspecified atom stereocenters. The molecule has 0 aliphatic carbocycles. The molecule has 1 N–H and O–H groups in total. The van der Waals surface area contributed by atoms with Crippen molar-refractivity contribution in [3.8, 4) is 0 Å². The summed E-state index contributed by atoms with van der Waals surface area (Å²) < 4.78 is 0. The maximum atomic E-state index is 13.0. The molecular formula is C23H28N2O3S. The van der Waals surface area contributed by atoms with Gasteiger partial charge in [0.15, 0.2) is 0 Å². The number of carbonyl (C=O) groups excluding carboxylic acids is 2. The highest BCUT2D eigenvalue weighted by molar-refractivity contribution is 7.10. The van der Waals surface area contributed by atoms with E-state index < -0.39 is 17.7 Å². The van der Waals surface area contributed by atoms with Crippen LogP contribution in [0.25, 0.3) is 5.76 Å². The van der Waals surface area contributed by atoms with E-state index >= 15 is 0 Å². The second-order valence-corrected chi connectivity index (χ2v) is 8.33. The molecular weight excluding hydrogens is 384 g/mol. The van der Waals surface area contributed by atoms with Crippen LogP contribution in [0.15, 0.2) is 41.3 Å². The average molecular weight is 413 g/mol. The fourth-order valence-corrected chi connectivity index (χ4v) is 4.62. The minimum absolute atomic E-state index is 0.0895. The number of likely N-dealkylation sites (tertiary alicyclic amines) is 1. The zero-order valence-corrected chi connectivity index (χ0v) is 18.3. The lowest BCUT2D eigenvalue weighted by atomic mass is 9.96. The third-order valence-corrected chi connectivity index (χ3v) is 6.48. The fourth-order valence-electron chi connectivity index (χ4n) is 3.78. The predicted octanol–water partition coefficient (Wildman–Crippen LogP) is 4.13. The summed E-state index contributed by atoms with van der Waals surface area (Å²) >= 11 is 1.49. The van der Waals surface area contributed by atoms with Crippen LogP contribution in [0.5, 0.6) is 0 Å². The molecule has 0 radical (unpaired) electrons. The van der Waals surface area contributed by atoms with Gasteiger partial charge >= 0.3 is 0 Å². The van der Waals surface area contributed by atoms with E-state index in [1.807, 2.05) is 49.6 Å². The normalized spacial score (nSPS) is 18.8. The zero-order chi connectivity index (χ0) is 21.1. The quantitative estimate of drug-likeness (QED) is 0.422. The Morgan fingerprint density at radius 3 is 2.52 bits per heavy atom. The molecule has 1 fully saturated rings. The van der Waals surface area contributed by atoms with E-state index in [9.17, 15) is 14.7 Å².